The molecule has 7 nitrogen and oxygen atoms in total. The van der Waals surface area contributed by atoms with Crippen LogP contribution in [0.25, 0.3) is 0 Å². The molecule has 3 rings (SSSR count). The van der Waals surface area contributed by atoms with Crippen LogP contribution in [0.4, 0.5) is 18.9 Å². The summed E-state index contributed by atoms with van der Waals surface area (Å²) in [5, 5.41) is 2.12. The quantitative estimate of drug-likeness (QED) is 0.342. The van der Waals surface area contributed by atoms with Crippen LogP contribution in [0.3, 0.4) is 0 Å². The first kappa shape index (κ1) is 31.0. The van der Waals surface area contributed by atoms with Gasteiger partial charge in [-0.3, -0.25) is 13.9 Å². The van der Waals surface area contributed by atoms with Gasteiger partial charge in [-0.1, -0.05) is 72.3 Å². The fourth-order valence-electron chi connectivity index (χ4n) is 4.13. The molecular weight excluding hydrogens is 567 g/mol. The lowest BCUT2D eigenvalue weighted by molar-refractivity contribution is -0.140. The number of hydrogen-bond acceptors (Lipinski definition) is 4. The zero-order valence-electron chi connectivity index (χ0n) is 21.9. The van der Waals surface area contributed by atoms with Crippen molar-refractivity contribution in [1.82, 2.24) is 10.2 Å². The predicted molar refractivity (Wildman–Crippen MR) is 148 cm³/mol. The second-order valence-electron chi connectivity index (χ2n) is 9.04. The first-order valence-electron chi connectivity index (χ1n) is 12.3. The van der Waals surface area contributed by atoms with E-state index in [1.165, 1.54) is 4.90 Å². The van der Waals surface area contributed by atoms with Gasteiger partial charge < -0.3 is 10.2 Å². The van der Waals surface area contributed by atoms with Crippen LogP contribution < -0.4 is 9.62 Å². The highest BCUT2D eigenvalue weighted by Gasteiger charge is 2.36. The van der Waals surface area contributed by atoms with Crippen LogP contribution in [0.15, 0.2) is 78.9 Å². The minimum absolute atomic E-state index is 0.0413. The molecular formula is C28H29ClF3N3O4S. The number of rotatable bonds is 11. The van der Waals surface area contributed by atoms with Crippen LogP contribution in [0.1, 0.15) is 23.6 Å². The van der Waals surface area contributed by atoms with Crippen molar-refractivity contribution in [1.29, 1.82) is 0 Å². The number of carbonyl (C=O) groups is 2. The van der Waals surface area contributed by atoms with Crippen LogP contribution in [0.2, 0.25) is 5.02 Å². The van der Waals surface area contributed by atoms with Gasteiger partial charge in [-0.05, 0) is 36.2 Å². The maximum Gasteiger partial charge on any atom is 0.417 e. The van der Waals surface area contributed by atoms with Gasteiger partial charge in [0.25, 0.3) is 0 Å². The molecule has 214 valence electrons. The highest BCUT2D eigenvalue weighted by atomic mass is 35.5. The van der Waals surface area contributed by atoms with E-state index < -0.39 is 51.2 Å². The number of nitrogens with zero attached hydrogens (tertiary/aromatic N) is 2. The Morgan fingerprint density at radius 3 is 2.05 bits per heavy atom. The number of likely N-dealkylation sites (N-methyl/N-ethyl adjacent to an activating group) is 1. The van der Waals surface area contributed by atoms with E-state index in [4.69, 9.17) is 11.6 Å². The average Bonchev–Trinajstić information content (AvgIpc) is 2.89. The van der Waals surface area contributed by atoms with E-state index in [1.54, 1.807) is 61.5 Å². The lowest BCUT2D eigenvalue weighted by atomic mass is 10.0. The molecule has 0 aliphatic heterocycles. The number of nitrogens with one attached hydrogen (secondary N) is 1. The molecule has 2 amide bonds. The first-order valence-corrected chi connectivity index (χ1v) is 14.5. The van der Waals surface area contributed by atoms with Crippen molar-refractivity contribution in [2.24, 2.45) is 0 Å². The van der Waals surface area contributed by atoms with E-state index in [0.29, 0.717) is 15.9 Å². The summed E-state index contributed by atoms with van der Waals surface area (Å²) < 4.78 is 66.7. The van der Waals surface area contributed by atoms with Gasteiger partial charge in [0.15, 0.2) is 0 Å². The topological polar surface area (TPSA) is 86.8 Å². The molecule has 1 atom stereocenters. The molecule has 0 radical (unpaired) electrons. The molecule has 0 saturated heterocycles. The van der Waals surface area contributed by atoms with Gasteiger partial charge in [0.1, 0.15) is 12.6 Å². The summed E-state index contributed by atoms with van der Waals surface area (Å²) in [6, 6.07) is 19.4. The second kappa shape index (κ2) is 13.2. The summed E-state index contributed by atoms with van der Waals surface area (Å²) in [4.78, 5) is 28.4. The van der Waals surface area contributed by atoms with E-state index in [0.717, 1.165) is 24.0 Å². The first-order chi connectivity index (χ1) is 18.8. The molecule has 0 spiro atoms. The number of sulfonamides is 1. The molecule has 40 heavy (non-hydrogen) atoms. The van der Waals surface area contributed by atoms with Crippen LogP contribution in [-0.2, 0) is 38.8 Å². The maximum atomic E-state index is 13.9. The number of alkyl halides is 3. The molecule has 3 aromatic rings. The number of hydrogen-bond donors (Lipinski definition) is 1. The summed E-state index contributed by atoms with van der Waals surface area (Å²) in [7, 11) is -4.23. The van der Waals surface area contributed by atoms with Crippen molar-refractivity contribution in [3.05, 3.63) is 101 Å². The number of halogens is 4. The average molecular weight is 596 g/mol. The largest absolute Gasteiger partial charge is 0.417 e. The van der Waals surface area contributed by atoms with E-state index in [1.807, 2.05) is 6.07 Å². The third-order valence-electron chi connectivity index (χ3n) is 6.04. The third kappa shape index (κ3) is 8.22. The SMILES string of the molecule is CCNC(=O)C(Cc1ccccc1)N(Cc1ccccc1)C(=O)CN(c1ccc(Cl)c(C(F)(F)F)c1)S(C)(=O)=O. The molecule has 0 aliphatic carbocycles. The maximum absolute atomic E-state index is 13.9. The summed E-state index contributed by atoms with van der Waals surface area (Å²) in [5.74, 6) is -1.22. The fourth-order valence-corrected chi connectivity index (χ4v) is 5.19. The van der Waals surface area contributed by atoms with Crippen LogP contribution in [0.5, 0.6) is 0 Å². The van der Waals surface area contributed by atoms with E-state index in [2.05, 4.69) is 5.32 Å². The zero-order chi connectivity index (χ0) is 29.5. The molecule has 0 aromatic heterocycles. The van der Waals surface area contributed by atoms with Gasteiger partial charge in [0.05, 0.1) is 22.5 Å². The Bertz CT molecular complexity index is 1420. The minimum atomic E-state index is -4.85. The Kier molecular flexibility index (Phi) is 10.2. The van der Waals surface area contributed by atoms with Gasteiger partial charge in [0, 0.05) is 19.5 Å². The van der Waals surface area contributed by atoms with Gasteiger partial charge in [-0.25, -0.2) is 8.42 Å². The Labute approximate surface area is 236 Å². The normalized spacial score (nSPS) is 12.4. The van der Waals surface area contributed by atoms with Gasteiger partial charge in [0.2, 0.25) is 21.8 Å². The minimum Gasteiger partial charge on any atom is -0.355 e. The van der Waals surface area contributed by atoms with Gasteiger partial charge in [-0.2, -0.15) is 13.2 Å². The van der Waals surface area contributed by atoms with E-state index >= 15 is 0 Å². The Balaban J connectivity index is 2.06. The standard InChI is InChI=1S/C28H29ClF3N3O4S/c1-3-33-27(37)25(16-20-10-6-4-7-11-20)34(18-21-12-8-5-9-13-21)26(36)19-35(40(2,38)39)22-14-15-24(29)23(17-22)28(30,31)32/h4-15,17,25H,3,16,18-19H2,1-2H3,(H,33,37). The predicted octanol–water partition coefficient (Wildman–Crippen LogP) is 4.90. The third-order valence-corrected chi connectivity index (χ3v) is 7.51. The van der Waals surface area contributed by atoms with Gasteiger partial charge >= 0.3 is 6.18 Å². The van der Waals surface area contributed by atoms with Crippen LogP contribution >= 0.6 is 11.6 Å². The molecule has 12 heteroatoms. The molecule has 3 aromatic carbocycles. The van der Waals surface area contributed by atoms with Crippen molar-refractivity contribution in [3.8, 4) is 0 Å². The number of anilines is 1. The zero-order valence-corrected chi connectivity index (χ0v) is 23.4. The van der Waals surface area contributed by atoms with Crippen LogP contribution in [0, 0.1) is 0 Å². The smallest absolute Gasteiger partial charge is 0.355 e. The lowest BCUT2D eigenvalue weighted by Gasteiger charge is -2.33. The molecule has 0 bridgehead atoms. The van der Waals surface area contributed by atoms with Crippen molar-refractivity contribution in [2.75, 3.05) is 23.7 Å². The number of benzene rings is 3. The Morgan fingerprint density at radius 1 is 0.950 bits per heavy atom. The second-order valence-corrected chi connectivity index (χ2v) is 11.4. The summed E-state index contributed by atoms with van der Waals surface area (Å²) in [6.07, 6.45) is -3.93. The number of carbonyl (C=O) groups excluding carboxylic acids is 2. The van der Waals surface area contributed by atoms with Crippen molar-refractivity contribution < 1.29 is 31.2 Å². The van der Waals surface area contributed by atoms with Gasteiger partial charge in [-0.15, -0.1) is 0 Å². The molecule has 0 heterocycles. The molecule has 0 aliphatic rings. The highest BCUT2D eigenvalue weighted by molar-refractivity contribution is 7.92. The van der Waals surface area contributed by atoms with Crippen LogP contribution in [-0.4, -0.2) is 50.5 Å². The molecule has 0 saturated carbocycles. The number of amides is 2. The Hall–Kier alpha value is -3.57. The fraction of sp³-hybridized carbons (Fsp3) is 0.286. The monoisotopic (exact) mass is 595 g/mol. The van der Waals surface area contributed by atoms with E-state index in [-0.39, 0.29) is 25.2 Å². The molecule has 0 fully saturated rings. The lowest BCUT2D eigenvalue weighted by Crippen LogP contribution is -2.53. The van der Waals surface area contributed by atoms with Crippen molar-refractivity contribution >= 4 is 39.1 Å². The summed E-state index contributed by atoms with van der Waals surface area (Å²) >= 11 is 5.72. The molecule has 1 unspecified atom stereocenters. The summed E-state index contributed by atoms with van der Waals surface area (Å²) in [6.45, 7) is 1.14. The van der Waals surface area contributed by atoms with Crippen molar-refractivity contribution in [2.45, 2.75) is 32.1 Å². The van der Waals surface area contributed by atoms with Crippen molar-refractivity contribution in [3.63, 3.8) is 0 Å². The highest BCUT2D eigenvalue weighted by Crippen LogP contribution is 2.37. The molecule has 1 N–H and O–H groups in total. The van der Waals surface area contributed by atoms with E-state index in [9.17, 15) is 31.2 Å². The summed E-state index contributed by atoms with van der Waals surface area (Å²) in [5.41, 5.74) is -0.185. The Morgan fingerprint density at radius 2 is 1.52 bits per heavy atom.